The van der Waals surface area contributed by atoms with Gasteiger partial charge in [-0.3, -0.25) is 4.79 Å². The number of hydrogen-bond acceptors (Lipinski definition) is 3. The molecule has 3 aromatic carbocycles. The van der Waals surface area contributed by atoms with Crippen molar-refractivity contribution in [1.29, 1.82) is 0 Å². The monoisotopic (exact) mass is 475 g/mol. The van der Waals surface area contributed by atoms with E-state index in [1.165, 1.54) is 0 Å². The first-order chi connectivity index (χ1) is 15.2. The zero-order chi connectivity index (χ0) is 21.5. The lowest BCUT2D eigenvalue weighted by Gasteiger charge is -2.13. The number of hydrogen-bond donors (Lipinski definition) is 1. The third-order valence-electron chi connectivity index (χ3n) is 4.84. The van der Waals surface area contributed by atoms with Crippen molar-refractivity contribution >= 4 is 21.8 Å². The normalized spacial score (nSPS) is 10.6. The summed E-state index contributed by atoms with van der Waals surface area (Å²) in [5, 5.41) is 3.00. The van der Waals surface area contributed by atoms with Crippen molar-refractivity contribution in [1.82, 2.24) is 14.9 Å². The summed E-state index contributed by atoms with van der Waals surface area (Å²) in [6.45, 7) is 1.56. The van der Waals surface area contributed by atoms with Crippen molar-refractivity contribution in [2.24, 2.45) is 0 Å². The van der Waals surface area contributed by atoms with Gasteiger partial charge < -0.3 is 14.6 Å². The van der Waals surface area contributed by atoms with E-state index in [2.05, 4.69) is 38.4 Å². The van der Waals surface area contributed by atoms with Gasteiger partial charge >= 0.3 is 0 Å². The largest absolute Gasteiger partial charge is 0.488 e. The number of nitrogens with one attached hydrogen (secondary N) is 1. The van der Waals surface area contributed by atoms with Gasteiger partial charge in [0.25, 0.3) is 5.91 Å². The smallest absolute Gasteiger partial charge is 0.255 e. The maximum atomic E-state index is 12.8. The summed E-state index contributed by atoms with van der Waals surface area (Å²) in [5.41, 5.74) is 3.73. The highest BCUT2D eigenvalue weighted by Crippen LogP contribution is 2.22. The summed E-state index contributed by atoms with van der Waals surface area (Å²) in [4.78, 5) is 16.9. The van der Waals surface area contributed by atoms with E-state index in [4.69, 9.17) is 4.74 Å². The molecule has 5 nitrogen and oxygen atoms in total. The number of carbonyl (C=O) groups is 1. The third-order valence-corrected chi connectivity index (χ3v) is 5.62. The highest BCUT2D eigenvalue weighted by atomic mass is 79.9. The molecule has 31 heavy (non-hydrogen) atoms. The standard InChI is InChI=1S/C25H22BrN3O2/c26-23-10-3-1-8-21(23)17-31-24-11-4-2-9-22(24)25(30)28-15-19-6-5-7-20(14-19)16-29-13-12-27-18-29/h1-14,18H,15-17H2,(H,28,30). The first kappa shape index (κ1) is 20.9. The van der Waals surface area contributed by atoms with Crippen molar-refractivity contribution in [3.63, 3.8) is 0 Å². The first-order valence-corrected chi connectivity index (χ1v) is 10.8. The molecule has 0 spiro atoms. The zero-order valence-electron chi connectivity index (χ0n) is 16.9. The number of aromatic nitrogens is 2. The molecule has 4 aromatic rings. The summed E-state index contributed by atoms with van der Waals surface area (Å²) < 4.78 is 8.95. The fraction of sp³-hybridized carbons (Fsp3) is 0.120. The molecule has 4 rings (SSSR count). The number of halogens is 1. The van der Waals surface area contributed by atoms with Crippen LogP contribution in [0.1, 0.15) is 27.0 Å². The molecular formula is C25H22BrN3O2. The van der Waals surface area contributed by atoms with Crippen molar-refractivity contribution in [2.75, 3.05) is 0 Å². The topological polar surface area (TPSA) is 56.2 Å². The van der Waals surface area contributed by atoms with Crippen LogP contribution in [0.3, 0.4) is 0 Å². The van der Waals surface area contributed by atoms with Gasteiger partial charge in [-0.15, -0.1) is 0 Å². The Morgan fingerprint density at radius 1 is 1.00 bits per heavy atom. The Labute approximate surface area is 189 Å². The molecule has 1 amide bonds. The predicted octanol–water partition coefficient (Wildman–Crippen LogP) is 5.20. The molecule has 156 valence electrons. The Morgan fingerprint density at radius 3 is 2.65 bits per heavy atom. The van der Waals surface area contributed by atoms with Gasteiger partial charge in [0, 0.05) is 35.5 Å². The summed E-state index contributed by atoms with van der Waals surface area (Å²) >= 11 is 3.53. The van der Waals surface area contributed by atoms with E-state index in [1.807, 2.05) is 65.4 Å². The van der Waals surface area contributed by atoms with Gasteiger partial charge in [-0.1, -0.05) is 70.5 Å². The van der Waals surface area contributed by atoms with Crippen LogP contribution in [-0.4, -0.2) is 15.5 Å². The van der Waals surface area contributed by atoms with Crippen LogP contribution in [0.15, 0.2) is 96.0 Å². The Hall–Kier alpha value is -3.38. The number of para-hydroxylation sites is 1. The highest BCUT2D eigenvalue weighted by molar-refractivity contribution is 9.10. The van der Waals surface area contributed by atoms with Gasteiger partial charge in [0.2, 0.25) is 0 Å². The van der Waals surface area contributed by atoms with Crippen molar-refractivity contribution in [3.05, 3.63) is 118 Å². The fourth-order valence-corrected chi connectivity index (χ4v) is 3.66. The van der Waals surface area contributed by atoms with Gasteiger partial charge in [-0.25, -0.2) is 4.98 Å². The van der Waals surface area contributed by atoms with Gasteiger partial charge in [0.05, 0.1) is 11.9 Å². The molecule has 0 atom stereocenters. The summed E-state index contributed by atoms with van der Waals surface area (Å²) in [7, 11) is 0. The second-order valence-corrected chi connectivity index (χ2v) is 7.97. The second kappa shape index (κ2) is 10.1. The molecule has 0 saturated heterocycles. The van der Waals surface area contributed by atoms with Crippen LogP contribution in [-0.2, 0) is 19.7 Å². The minimum Gasteiger partial charge on any atom is -0.488 e. The second-order valence-electron chi connectivity index (χ2n) is 7.11. The average Bonchev–Trinajstić information content (AvgIpc) is 3.30. The third kappa shape index (κ3) is 5.61. The van der Waals surface area contributed by atoms with Gasteiger partial charge in [-0.05, 0) is 29.3 Å². The van der Waals surface area contributed by atoms with E-state index in [-0.39, 0.29) is 5.91 Å². The maximum absolute atomic E-state index is 12.8. The molecule has 0 unspecified atom stereocenters. The molecule has 0 saturated carbocycles. The minimum atomic E-state index is -0.164. The lowest BCUT2D eigenvalue weighted by atomic mass is 10.1. The maximum Gasteiger partial charge on any atom is 0.255 e. The Balaban J connectivity index is 1.39. The van der Waals surface area contributed by atoms with E-state index in [9.17, 15) is 4.79 Å². The van der Waals surface area contributed by atoms with Crippen molar-refractivity contribution < 1.29 is 9.53 Å². The molecule has 1 N–H and O–H groups in total. The lowest BCUT2D eigenvalue weighted by Crippen LogP contribution is -2.23. The van der Waals surface area contributed by atoms with Crippen molar-refractivity contribution in [2.45, 2.75) is 19.7 Å². The van der Waals surface area contributed by atoms with E-state index in [0.29, 0.717) is 24.5 Å². The number of ether oxygens (including phenoxy) is 1. The Morgan fingerprint density at radius 2 is 1.81 bits per heavy atom. The fourth-order valence-electron chi connectivity index (χ4n) is 3.26. The average molecular weight is 476 g/mol. The van der Waals surface area contributed by atoms with E-state index in [0.717, 1.165) is 27.7 Å². The van der Waals surface area contributed by atoms with Crippen LogP contribution in [0, 0.1) is 0 Å². The minimum absolute atomic E-state index is 0.164. The SMILES string of the molecule is O=C(NCc1cccc(Cn2ccnc2)c1)c1ccccc1OCc1ccccc1Br. The van der Waals surface area contributed by atoms with Crippen LogP contribution in [0.5, 0.6) is 5.75 Å². The molecule has 1 aromatic heterocycles. The van der Waals surface area contributed by atoms with Crippen LogP contribution >= 0.6 is 15.9 Å². The molecule has 6 heteroatoms. The van der Waals surface area contributed by atoms with E-state index >= 15 is 0 Å². The van der Waals surface area contributed by atoms with E-state index < -0.39 is 0 Å². The number of amides is 1. The van der Waals surface area contributed by atoms with Gasteiger partial charge in [0.1, 0.15) is 12.4 Å². The van der Waals surface area contributed by atoms with Crippen LogP contribution < -0.4 is 10.1 Å². The molecule has 0 aliphatic rings. The number of imidazole rings is 1. The summed E-state index contributed by atoms with van der Waals surface area (Å²) in [5.74, 6) is 0.396. The number of nitrogens with zero attached hydrogens (tertiary/aromatic N) is 2. The van der Waals surface area contributed by atoms with E-state index in [1.54, 1.807) is 18.6 Å². The number of benzene rings is 3. The first-order valence-electron chi connectivity index (χ1n) is 9.96. The number of carbonyl (C=O) groups excluding carboxylic acids is 1. The quantitative estimate of drug-likeness (QED) is 0.380. The molecule has 0 aliphatic heterocycles. The Kier molecular flexibility index (Phi) is 6.79. The van der Waals surface area contributed by atoms with Gasteiger partial charge in [-0.2, -0.15) is 0 Å². The van der Waals surface area contributed by atoms with Gasteiger partial charge in [0.15, 0.2) is 0 Å². The van der Waals surface area contributed by atoms with Crippen LogP contribution in [0.2, 0.25) is 0 Å². The zero-order valence-corrected chi connectivity index (χ0v) is 18.5. The van der Waals surface area contributed by atoms with Crippen molar-refractivity contribution in [3.8, 4) is 5.75 Å². The molecule has 0 bridgehead atoms. The Bertz CT molecular complexity index is 1160. The number of rotatable bonds is 8. The van der Waals surface area contributed by atoms with Crippen LogP contribution in [0.25, 0.3) is 0 Å². The molecule has 0 fully saturated rings. The molecule has 1 heterocycles. The summed E-state index contributed by atoms with van der Waals surface area (Å²) in [6.07, 6.45) is 5.48. The summed E-state index contributed by atoms with van der Waals surface area (Å²) in [6, 6.07) is 23.3. The predicted molar refractivity (Wildman–Crippen MR) is 124 cm³/mol. The highest BCUT2D eigenvalue weighted by Gasteiger charge is 2.12. The van der Waals surface area contributed by atoms with Crippen LogP contribution in [0.4, 0.5) is 0 Å². The molecule has 0 radical (unpaired) electrons. The molecular weight excluding hydrogens is 454 g/mol. The lowest BCUT2D eigenvalue weighted by molar-refractivity contribution is 0.0946. The molecule has 0 aliphatic carbocycles.